The fourth-order valence-corrected chi connectivity index (χ4v) is 0.978. The first-order valence-electron chi connectivity index (χ1n) is 3.88. The minimum absolute atomic E-state index is 0.122. The number of Topliss-reactive ketones (excluding diaryl/α,β-unsaturated/α-hetero) is 1. The summed E-state index contributed by atoms with van der Waals surface area (Å²) in [6.45, 7) is 0. The van der Waals surface area contributed by atoms with Crippen molar-refractivity contribution in [3.05, 3.63) is 18.0 Å². The van der Waals surface area contributed by atoms with E-state index in [9.17, 15) is 13.6 Å². The van der Waals surface area contributed by atoms with Gasteiger partial charge in [-0.1, -0.05) is 0 Å². The molecule has 1 aromatic rings. The number of aryl methyl sites for hydroxylation is 2. The van der Waals surface area contributed by atoms with Crippen molar-refractivity contribution in [2.45, 2.75) is 19.3 Å². The SMILES string of the molecule is Cn1cc(CCC(=O)C(F)F)cn1. The van der Waals surface area contributed by atoms with Crippen LogP contribution < -0.4 is 0 Å². The third-order valence-electron chi connectivity index (χ3n) is 1.66. The van der Waals surface area contributed by atoms with Crippen molar-refractivity contribution in [1.29, 1.82) is 0 Å². The zero-order chi connectivity index (χ0) is 9.84. The van der Waals surface area contributed by atoms with Gasteiger partial charge in [0, 0.05) is 19.7 Å². The second kappa shape index (κ2) is 4.11. The van der Waals surface area contributed by atoms with Gasteiger partial charge in [0.15, 0.2) is 5.78 Å². The Bertz CT molecular complexity index is 296. The van der Waals surface area contributed by atoms with Gasteiger partial charge in [0.2, 0.25) is 0 Å². The predicted molar refractivity (Wildman–Crippen MR) is 42.5 cm³/mol. The molecule has 0 atom stereocenters. The molecule has 0 amide bonds. The van der Waals surface area contributed by atoms with Crippen LogP contribution in [0, 0.1) is 0 Å². The number of ketones is 1. The quantitative estimate of drug-likeness (QED) is 0.711. The van der Waals surface area contributed by atoms with Gasteiger partial charge >= 0.3 is 0 Å². The van der Waals surface area contributed by atoms with E-state index in [0.29, 0.717) is 6.42 Å². The van der Waals surface area contributed by atoms with Gasteiger partial charge in [-0.3, -0.25) is 9.48 Å². The summed E-state index contributed by atoms with van der Waals surface area (Å²) in [5, 5.41) is 3.86. The summed E-state index contributed by atoms with van der Waals surface area (Å²) in [5.74, 6) is -1.01. The minimum atomic E-state index is -2.85. The summed E-state index contributed by atoms with van der Waals surface area (Å²) in [5.41, 5.74) is 0.802. The molecule has 0 radical (unpaired) electrons. The van der Waals surface area contributed by atoms with Crippen LogP contribution in [0.15, 0.2) is 12.4 Å². The van der Waals surface area contributed by atoms with Gasteiger partial charge in [-0.05, 0) is 12.0 Å². The Kier molecular flexibility index (Phi) is 3.11. The monoisotopic (exact) mass is 188 g/mol. The molecule has 0 saturated heterocycles. The molecule has 72 valence electrons. The summed E-state index contributed by atoms with van der Waals surface area (Å²) in [6, 6.07) is 0. The number of carbonyl (C=O) groups excluding carboxylic acids is 1. The van der Waals surface area contributed by atoms with Crippen LogP contribution in [-0.2, 0) is 18.3 Å². The summed E-state index contributed by atoms with van der Waals surface area (Å²) < 4.78 is 25.1. The molecule has 3 nitrogen and oxygen atoms in total. The van der Waals surface area contributed by atoms with Crippen molar-refractivity contribution in [2.75, 3.05) is 0 Å². The zero-order valence-electron chi connectivity index (χ0n) is 7.20. The highest BCUT2D eigenvalue weighted by Gasteiger charge is 2.14. The van der Waals surface area contributed by atoms with E-state index >= 15 is 0 Å². The average molecular weight is 188 g/mol. The molecule has 0 N–H and O–H groups in total. The van der Waals surface area contributed by atoms with Crippen LogP contribution in [0.5, 0.6) is 0 Å². The summed E-state index contributed by atoms with van der Waals surface area (Å²) in [4.78, 5) is 10.5. The lowest BCUT2D eigenvalue weighted by atomic mass is 10.1. The van der Waals surface area contributed by atoms with E-state index in [-0.39, 0.29) is 6.42 Å². The van der Waals surface area contributed by atoms with E-state index < -0.39 is 12.2 Å². The topological polar surface area (TPSA) is 34.9 Å². The molecule has 1 aromatic heterocycles. The lowest BCUT2D eigenvalue weighted by Gasteiger charge is -1.96. The molecule has 1 rings (SSSR count). The maximum absolute atomic E-state index is 11.8. The van der Waals surface area contributed by atoms with Crippen molar-refractivity contribution < 1.29 is 13.6 Å². The number of nitrogens with zero attached hydrogens (tertiary/aromatic N) is 2. The number of hydrogen-bond donors (Lipinski definition) is 0. The van der Waals surface area contributed by atoms with Crippen LogP contribution in [0.1, 0.15) is 12.0 Å². The molecule has 0 unspecified atom stereocenters. The molecule has 0 aliphatic rings. The van der Waals surface area contributed by atoms with E-state index in [1.54, 1.807) is 24.1 Å². The normalized spacial score (nSPS) is 10.8. The van der Waals surface area contributed by atoms with Crippen LogP contribution in [-0.4, -0.2) is 22.0 Å². The second-order valence-corrected chi connectivity index (χ2v) is 2.79. The molecule has 0 spiro atoms. The predicted octanol–water partition coefficient (Wildman–Crippen LogP) is 1.19. The molecule has 0 aliphatic carbocycles. The lowest BCUT2D eigenvalue weighted by molar-refractivity contribution is -0.129. The maximum Gasteiger partial charge on any atom is 0.295 e. The van der Waals surface area contributed by atoms with Crippen LogP contribution in [0.2, 0.25) is 0 Å². The Morgan fingerprint density at radius 2 is 2.38 bits per heavy atom. The van der Waals surface area contributed by atoms with Gasteiger partial charge in [-0.25, -0.2) is 8.78 Å². The largest absolute Gasteiger partial charge is 0.295 e. The van der Waals surface area contributed by atoms with E-state index in [2.05, 4.69) is 5.10 Å². The summed E-state index contributed by atoms with van der Waals surface area (Å²) >= 11 is 0. The lowest BCUT2D eigenvalue weighted by Crippen LogP contribution is -2.10. The zero-order valence-corrected chi connectivity index (χ0v) is 7.20. The summed E-state index contributed by atoms with van der Waals surface area (Å²) in [7, 11) is 1.73. The Labute approximate surface area is 74.4 Å². The molecule has 0 aromatic carbocycles. The first-order valence-corrected chi connectivity index (χ1v) is 3.88. The Hall–Kier alpha value is -1.26. The fourth-order valence-electron chi connectivity index (χ4n) is 0.978. The molecular formula is C8H10F2N2O. The standard InChI is InChI=1S/C8H10F2N2O/c1-12-5-6(4-11-12)2-3-7(13)8(9)10/h4-5,8H,2-3H2,1H3. The first-order chi connectivity index (χ1) is 6.09. The number of aromatic nitrogens is 2. The highest BCUT2D eigenvalue weighted by Crippen LogP contribution is 2.05. The number of rotatable bonds is 4. The highest BCUT2D eigenvalue weighted by molar-refractivity contribution is 5.81. The maximum atomic E-state index is 11.8. The summed E-state index contributed by atoms with van der Waals surface area (Å²) in [6.07, 6.45) is 0.634. The minimum Gasteiger partial charge on any atom is -0.293 e. The number of alkyl halides is 2. The molecule has 5 heteroatoms. The Morgan fingerprint density at radius 3 is 2.85 bits per heavy atom. The van der Waals surface area contributed by atoms with Gasteiger partial charge < -0.3 is 0 Å². The van der Waals surface area contributed by atoms with Crippen molar-refractivity contribution in [1.82, 2.24) is 9.78 Å². The smallest absolute Gasteiger partial charge is 0.293 e. The van der Waals surface area contributed by atoms with Crippen molar-refractivity contribution >= 4 is 5.78 Å². The van der Waals surface area contributed by atoms with Crippen LogP contribution in [0.25, 0.3) is 0 Å². The van der Waals surface area contributed by atoms with Gasteiger partial charge in [0.05, 0.1) is 6.20 Å². The first kappa shape index (κ1) is 9.83. The Morgan fingerprint density at radius 1 is 1.69 bits per heavy atom. The Balaban J connectivity index is 2.39. The van der Waals surface area contributed by atoms with Gasteiger partial charge in [0.1, 0.15) is 0 Å². The second-order valence-electron chi connectivity index (χ2n) is 2.79. The van der Waals surface area contributed by atoms with E-state index in [4.69, 9.17) is 0 Å². The van der Waals surface area contributed by atoms with Crippen molar-refractivity contribution in [3.63, 3.8) is 0 Å². The van der Waals surface area contributed by atoms with E-state index in [0.717, 1.165) is 5.56 Å². The molecule has 0 saturated carbocycles. The van der Waals surface area contributed by atoms with E-state index in [1.165, 1.54) is 0 Å². The van der Waals surface area contributed by atoms with E-state index in [1.807, 2.05) is 0 Å². The molecule has 0 aliphatic heterocycles. The molecule has 0 fully saturated rings. The highest BCUT2D eigenvalue weighted by atomic mass is 19.3. The molecule has 0 bridgehead atoms. The number of hydrogen-bond acceptors (Lipinski definition) is 2. The van der Waals surface area contributed by atoms with Crippen molar-refractivity contribution in [3.8, 4) is 0 Å². The number of carbonyl (C=O) groups is 1. The van der Waals surface area contributed by atoms with Gasteiger partial charge in [0.25, 0.3) is 6.43 Å². The van der Waals surface area contributed by atoms with Gasteiger partial charge in [-0.2, -0.15) is 5.10 Å². The van der Waals surface area contributed by atoms with Crippen molar-refractivity contribution in [2.24, 2.45) is 7.05 Å². The van der Waals surface area contributed by atoms with Crippen LogP contribution >= 0.6 is 0 Å². The molecule has 1 heterocycles. The van der Waals surface area contributed by atoms with Gasteiger partial charge in [-0.15, -0.1) is 0 Å². The molecular weight excluding hydrogens is 178 g/mol. The fraction of sp³-hybridized carbons (Fsp3) is 0.500. The third kappa shape index (κ3) is 2.93. The van der Waals surface area contributed by atoms with Crippen LogP contribution in [0.3, 0.4) is 0 Å². The van der Waals surface area contributed by atoms with Crippen LogP contribution in [0.4, 0.5) is 8.78 Å². The average Bonchev–Trinajstić information content (AvgIpc) is 2.47. The third-order valence-corrected chi connectivity index (χ3v) is 1.66. The number of halogens is 2. The molecule has 13 heavy (non-hydrogen) atoms.